The van der Waals surface area contributed by atoms with Crippen LogP contribution in [0.5, 0.6) is 0 Å². The Morgan fingerprint density at radius 1 is 0.840 bits per heavy atom. The van der Waals surface area contributed by atoms with Gasteiger partial charge in [0, 0.05) is 31.4 Å². The van der Waals surface area contributed by atoms with Crippen molar-refractivity contribution in [2.45, 2.75) is 161 Å². The standard InChI is InChI=1S/C35H61N3O12/c1-7-26(50-31(46)23-17-19-35(23,6)48)33(2,3)20-22-49-34(4,5)18-11-8-9-14-27(39)36-21-12-10-13-24(29(42)43)37-32(47)38-25(30(44)45)15-16-28(40)41/h23-26,48H,7-22H2,1-6H3,(H,36,39)(H,40,41)(H,42,43)(H,44,45)(H2,37,38,47)/t23?,24-,25-,26?,35?/m0/s1. The Bertz CT molecular complexity index is 1140. The Kier molecular flexibility index (Phi) is 18.7. The number of urea groups is 1. The van der Waals surface area contributed by atoms with Crippen LogP contribution in [0.4, 0.5) is 4.79 Å². The molecule has 7 N–H and O–H groups in total. The van der Waals surface area contributed by atoms with Gasteiger partial charge in [-0.25, -0.2) is 14.4 Å². The van der Waals surface area contributed by atoms with Crippen molar-refractivity contribution in [3.8, 4) is 0 Å². The van der Waals surface area contributed by atoms with Crippen molar-refractivity contribution < 1.29 is 58.7 Å². The van der Waals surface area contributed by atoms with Gasteiger partial charge in [-0.05, 0) is 85.0 Å². The summed E-state index contributed by atoms with van der Waals surface area (Å²) in [5.74, 6) is -4.86. The molecule has 0 aromatic carbocycles. The predicted octanol–water partition coefficient (Wildman–Crippen LogP) is 3.99. The maximum Gasteiger partial charge on any atom is 0.326 e. The minimum absolute atomic E-state index is 0.0536. The van der Waals surface area contributed by atoms with Gasteiger partial charge in [0.2, 0.25) is 5.91 Å². The molecule has 0 aromatic heterocycles. The third-order valence-corrected chi connectivity index (χ3v) is 9.49. The lowest BCUT2D eigenvalue weighted by Gasteiger charge is -2.42. The van der Waals surface area contributed by atoms with Gasteiger partial charge in [0.1, 0.15) is 18.2 Å². The molecule has 0 aromatic rings. The number of carboxylic acid groups (broad SMARTS) is 3. The second-order valence-corrected chi connectivity index (χ2v) is 14.9. The number of rotatable bonds is 26. The molecule has 0 saturated heterocycles. The summed E-state index contributed by atoms with van der Waals surface area (Å²) in [6, 6.07) is -3.78. The fourth-order valence-corrected chi connectivity index (χ4v) is 5.86. The Morgan fingerprint density at radius 3 is 1.98 bits per heavy atom. The molecule has 1 aliphatic carbocycles. The fraction of sp³-hybridized carbons (Fsp3) is 0.829. The van der Waals surface area contributed by atoms with Crippen molar-refractivity contribution in [1.82, 2.24) is 16.0 Å². The number of aliphatic carboxylic acids is 3. The SMILES string of the molecule is CCC(OC(=O)C1CCC1(C)O)C(C)(C)CCOC(C)(C)CCCCCC(=O)NCCCC[C@H](NC(=O)N[C@@H](CCC(=O)O)C(=O)O)C(=O)O. The smallest absolute Gasteiger partial charge is 0.326 e. The molecule has 0 heterocycles. The molecule has 3 amide bonds. The molecule has 0 aliphatic heterocycles. The highest BCUT2D eigenvalue weighted by molar-refractivity contribution is 5.86. The number of nitrogens with one attached hydrogen (secondary N) is 3. The van der Waals surface area contributed by atoms with E-state index in [0.29, 0.717) is 64.5 Å². The van der Waals surface area contributed by atoms with Gasteiger partial charge in [0.15, 0.2) is 0 Å². The Balaban J connectivity index is 2.26. The first-order valence-corrected chi connectivity index (χ1v) is 17.8. The van der Waals surface area contributed by atoms with Crippen LogP contribution < -0.4 is 16.0 Å². The van der Waals surface area contributed by atoms with E-state index in [-0.39, 0.29) is 41.8 Å². The maximum absolute atomic E-state index is 12.6. The number of carbonyl (C=O) groups excluding carboxylic acids is 3. The molecule has 1 rings (SSSR count). The molecule has 15 nitrogen and oxygen atoms in total. The van der Waals surface area contributed by atoms with E-state index in [1.807, 2.05) is 20.8 Å². The van der Waals surface area contributed by atoms with E-state index in [4.69, 9.17) is 19.7 Å². The molecular formula is C35H61N3O12. The predicted molar refractivity (Wildman–Crippen MR) is 183 cm³/mol. The Hall–Kier alpha value is -3.46. The van der Waals surface area contributed by atoms with Crippen molar-refractivity contribution in [2.24, 2.45) is 11.3 Å². The topological polar surface area (TPSA) is 238 Å². The maximum atomic E-state index is 12.6. The average molecular weight is 716 g/mol. The van der Waals surface area contributed by atoms with E-state index >= 15 is 0 Å². The lowest BCUT2D eigenvalue weighted by Crippen LogP contribution is -2.51. The number of amides is 3. The first-order chi connectivity index (χ1) is 23.2. The number of hydrogen-bond donors (Lipinski definition) is 7. The summed E-state index contributed by atoms with van der Waals surface area (Å²) in [4.78, 5) is 70.5. The molecule has 1 fully saturated rings. The summed E-state index contributed by atoms with van der Waals surface area (Å²) < 4.78 is 12.1. The van der Waals surface area contributed by atoms with Crippen molar-refractivity contribution in [2.75, 3.05) is 13.2 Å². The molecule has 0 radical (unpaired) electrons. The van der Waals surface area contributed by atoms with Crippen molar-refractivity contribution in [1.29, 1.82) is 0 Å². The van der Waals surface area contributed by atoms with Gasteiger partial charge in [-0.15, -0.1) is 0 Å². The van der Waals surface area contributed by atoms with Crippen LogP contribution in [0.1, 0.15) is 131 Å². The normalized spacial score (nSPS) is 19.3. The van der Waals surface area contributed by atoms with Gasteiger partial charge in [0.05, 0.1) is 17.1 Å². The van der Waals surface area contributed by atoms with E-state index in [1.165, 1.54) is 0 Å². The van der Waals surface area contributed by atoms with Crippen LogP contribution in [0, 0.1) is 11.3 Å². The summed E-state index contributed by atoms with van der Waals surface area (Å²) in [7, 11) is 0. The van der Waals surface area contributed by atoms with Crippen LogP contribution in [-0.4, -0.2) is 98.8 Å². The minimum atomic E-state index is -1.48. The Labute approximate surface area is 295 Å². The van der Waals surface area contributed by atoms with Gasteiger partial charge in [-0.1, -0.05) is 33.6 Å². The van der Waals surface area contributed by atoms with E-state index < -0.39 is 54.0 Å². The lowest BCUT2D eigenvalue weighted by atomic mass is 9.70. The molecule has 5 atom stereocenters. The first kappa shape index (κ1) is 44.6. The van der Waals surface area contributed by atoms with Crippen molar-refractivity contribution >= 4 is 35.8 Å². The zero-order chi connectivity index (χ0) is 38.1. The van der Waals surface area contributed by atoms with E-state index in [0.717, 1.165) is 19.3 Å². The van der Waals surface area contributed by atoms with E-state index in [2.05, 4.69) is 29.8 Å². The van der Waals surface area contributed by atoms with Gasteiger partial charge < -0.3 is 45.9 Å². The number of aliphatic hydroxyl groups is 1. The summed E-state index contributed by atoms with van der Waals surface area (Å²) in [6.45, 7) is 12.7. The zero-order valence-electron chi connectivity index (χ0n) is 30.7. The highest BCUT2D eigenvalue weighted by atomic mass is 16.5. The van der Waals surface area contributed by atoms with Crippen LogP contribution in [0.3, 0.4) is 0 Å². The Morgan fingerprint density at radius 2 is 1.46 bits per heavy atom. The molecule has 3 unspecified atom stereocenters. The second-order valence-electron chi connectivity index (χ2n) is 14.9. The van der Waals surface area contributed by atoms with Crippen LogP contribution in [0.2, 0.25) is 0 Å². The number of unbranched alkanes of at least 4 members (excludes halogenated alkanes) is 3. The third-order valence-electron chi connectivity index (χ3n) is 9.49. The monoisotopic (exact) mass is 715 g/mol. The molecule has 1 aliphatic rings. The minimum Gasteiger partial charge on any atom is -0.481 e. The van der Waals surface area contributed by atoms with Crippen molar-refractivity contribution in [3.63, 3.8) is 0 Å². The first-order valence-electron chi connectivity index (χ1n) is 17.8. The largest absolute Gasteiger partial charge is 0.481 e. The molecule has 50 heavy (non-hydrogen) atoms. The number of carboxylic acids is 3. The fourth-order valence-electron chi connectivity index (χ4n) is 5.86. The lowest BCUT2D eigenvalue weighted by molar-refractivity contribution is -0.182. The molecular weight excluding hydrogens is 654 g/mol. The van der Waals surface area contributed by atoms with Crippen LogP contribution in [0.15, 0.2) is 0 Å². The molecule has 15 heteroatoms. The highest BCUT2D eigenvalue weighted by Gasteiger charge is 2.48. The second kappa shape index (κ2) is 21.0. The van der Waals surface area contributed by atoms with Gasteiger partial charge in [-0.2, -0.15) is 0 Å². The summed E-state index contributed by atoms with van der Waals surface area (Å²) in [6.07, 6.45) is 6.02. The number of carbonyl (C=O) groups is 6. The third kappa shape index (κ3) is 17.0. The molecule has 0 spiro atoms. The van der Waals surface area contributed by atoms with Crippen LogP contribution in [0.25, 0.3) is 0 Å². The van der Waals surface area contributed by atoms with Crippen LogP contribution in [-0.2, 0) is 33.4 Å². The number of hydrogen-bond acceptors (Lipinski definition) is 9. The number of esters is 1. The number of ether oxygens (including phenoxy) is 2. The molecule has 288 valence electrons. The summed E-state index contributed by atoms with van der Waals surface area (Å²) >= 11 is 0. The quantitative estimate of drug-likeness (QED) is 0.0497. The molecule has 0 bridgehead atoms. The average Bonchev–Trinajstić information content (AvgIpc) is 2.99. The summed E-state index contributed by atoms with van der Waals surface area (Å²) in [5.41, 5.74) is -1.64. The van der Waals surface area contributed by atoms with Gasteiger partial charge >= 0.3 is 29.9 Å². The van der Waals surface area contributed by atoms with E-state index in [1.54, 1.807) is 6.92 Å². The van der Waals surface area contributed by atoms with Gasteiger partial charge in [-0.3, -0.25) is 14.4 Å². The highest BCUT2D eigenvalue weighted by Crippen LogP contribution is 2.40. The van der Waals surface area contributed by atoms with Gasteiger partial charge in [0.25, 0.3) is 0 Å². The van der Waals surface area contributed by atoms with E-state index in [9.17, 15) is 39.0 Å². The zero-order valence-corrected chi connectivity index (χ0v) is 30.7. The van der Waals surface area contributed by atoms with Crippen molar-refractivity contribution in [3.05, 3.63) is 0 Å². The summed E-state index contributed by atoms with van der Waals surface area (Å²) in [5, 5.41) is 44.6. The molecule has 1 saturated carbocycles. The van der Waals surface area contributed by atoms with Crippen LogP contribution >= 0.6 is 0 Å².